The van der Waals surface area contributed by atoms with E-state index < -0.39 is 11.7 Å². The Morgan fingerprint density at radius 2 is 2.00 bits per heavy atom. The Labute approximate surface area is 114 Å². The van der Waals surface area contributed by atoms with Crippen molar-refractivity contribution in [3.8, 4) is 11.3 Å². The first kappa shape index (κ1) is 13.2. The van der Waals surface area contributed by atoms with Gasteiger partial charge in [-0.2, -0.15) is 13.2 Å². The van der Waals surface area contributed by atoms with Crippen LogP contribution in [-0.2, 0) is 12.7 Å². The maximum Gasteiger partial charge on any atom is 0.417 e. The number of nitrogens with zero attached hydrogens (tertiary/aromatic N) is 1. The van der Waals surface area contributed by atoms with Crippen molar-refractivity contribution in [3.05, 3.63) is 41.9 Å². The number of benzene rings is 1. The van der Waals surface area contributed by atoms with Crippen molar-refractivity contribution in [2.75, 3.05) is 0 Å². The molecule has 20 heavy (non-hydrogen) atoms. The van der Waals surface area contributed by atoms with Crippen molar-refractivity contribution in [2.24, 2.45) is 0 Å². The largest absolute Gasteiger partial charge is 0.417 e. The number of halogens is 3. The molecular weight excluding hydrogens is 267 g/mol. The number of aromatic nitrogens is 2. The fourth-order valence-corrected chi connectivity index (χ4v) is 2.08. The Morgan fingerprint density at radius 3 is 2.70 bits per heavy atom. The van der Waals surface area contributed by atoms with Crippen LogP contribution in [0, 0.1) is 0 Å². The zero-order chi connectivity index (χ0) is 14.2. The molecule has 1 fully saturated rings. The van der Waals surface area contributed by atoms with E-state index in [0.717, 1.165) is 18.9 Å². The van der Waals surface area contributed by atoms with Crippen molar-refractivity contribution in [2.45, 2.75) is 31.6 Å². The molecule has 0 unspecified atom stereocenters. The maximum atomic E-state index is 13.0. The maximum absolute atomic E-state index is 13.0. The van der Waals surface area contributed by atoms with Gasteiger partial charge in [-0.15, -0.1) is 0 Å². The van der Waals surface area contributed by atoms with E-state index in [2.05, 4.69) is 15.3 Å². The third-order valence-electron chi connectivity index (χ3n) is 3.29. The van der Waals surface area contributed by atoms with Gasteiger partial charge in [0.15, 0.2) is 0 Å². The first-order valence-corrected chi connectivity index (χ1v) is 6.48. The SMILES string of the molecule is FC(F)(F)c1ccccc1-c1cnc(CNC2CC2)[nH]1. The molecule has 3 nitrogen and oxygen atoms in total. The third kappa shape index (κ3) is 2.85. The Kier molecular flexibility index (Phi) is 3.25. The molecule has 0 aliphatic heterocycles. The van der Waals surface area contributed by atoms with Gasteiger partial charge in [0.2, 0.25) is 0 Å². The number of hydrogen-bond donors (Lipinski definition) is 2. The minimum Gasteiger partial charge on any atom is -0.341 e. The summed E-state index contributed by atoms with van der Waals surface area (Å²) >= 11 is 0. The summed E-state index contributed by atoms with van der Waals surface area (Å²) < 4.78 is 38.9. The van der Waals surface area contributed by atoms with Crippen LogP contribution in [0.2, 0.25) is 0 Å². The first-order valence-electron chi connectivity index (χ1n) is 6.48. The molecule has 1 aromatic heterocycles. The molecule has 1 saturated carbocycles. The standard InChI is InChI=1S/C14H14F3N3/c15-14(16,17)11-4-2-1-3-10(11)12-7-19-13(20-12)8-18-9-5-6-9/h1-4,7,9,18H,5-6,8H2,(H,19,20). The van der Waals surface area contributed by atoms with Gasteiger partial charge >= 0.3 is 6.18 Å². The van der Waals surface area contributed by atoms with Crippen molar-refractivity contribution >= 4 is 0 Å². The number of aromatic amines is 1. The van der Waals surface area contributed by atoms with E-state index in [4.69, 9.17) is 0 Å². The summed E-state index contributed by atoms with van der Waals surface area (Å²) in [5.74, 6) is 0.656. The zero-order valence-electron chi connectivity index (χ0n) is 10.7. The van der Waals surface area contributed by atoms with Crippen LogP contribution in [0.3, 0.4) is 0 Å². The number of alkyl halides is 3. The molecule has 2 aromatic rings. The molecule has 1 aromatic carbocycles. The number of rotatable bonds is 4. The Balaban J connectivity index is 1.85. The summed E-state index contributed by atoms with van der Waals surface area (Å²) in [4.78, 5) is 7.08. The summed E-state index contributed by atoms with van der Waals surface area (Å²) in [6.07, 6.45) is -0.600. The molecule has 0 saturated heterocycles. The quantitative estimate of drug-likeness (QED) is 0.902. The van der Waals surface area contributed by atoms with E-state index >= 15 is 0 Å². The van der Waals surface area contributed by atoms with Gasteiger partial charge in [-0.3, -0.25) is 0 Å². The van der Waals surface area contributed by atoms with Gasteiger partial charge in [-0.05, 0) is 18.9 Å². The molecule has 2 N–H and O–H groups in total. The summed E-state index contributed by atoms with van der Waals surface area (Å²) in [7, 11) is 0. The molecule has 1 aliphatic rings. The summed E-state index contributed by atoms with van der Waals surface area (Å²) in [6.45, 7) is 0.554. The van der Waals surface area contributed by atoms with Gasteiger partial charge in [0, 0.05) is 11.6 Å². The lowest BCUT2D eigenvalue weighted by atomic mass is 10.1. The highest BCUT2D eigenvalue weighted by Gasteiger charge is 2.33. The molecule has 6 heteroatoms. The highest BCUT2D eigenvalue weighted by molar-refractivity contribution is 5.64. The Hall–Kier alpha value is -1.82. The van der Waals surface area contributed by atoms with E-state index in [1.165, 1.54) is 18.3 Å². The fraction of sp³-hybridized carbons (Fsp3) is 0.357. The van der Waals surface area contributed by atoms with Crippen LogP contribution >= 0.6 is 0 Å². The summed E-state index contributed by atoms with van der Waals surface area (Å²) in [5.41, 5.74) is -0.124. The topological polar surface area (TPSA) is 40.7 Å². The Morgan fingerprint density at radius 1 is 1.25 bits per heavy atom. The zero-order valence-corrected chi connectivity index (χ0v) is 10.7. The molecular formula is C14H14F3N3. The lowest BCUT2D eigenvalue weighted by Gasteiger charge is -2.11. The van der Waals surface area contributed by atoms with Crippen molar-refractivity contribution in [3.63, 3.8) is 0 Å². The molecule has 0 spiro atoms. The monoisotopic (exact) mass is 281 g/mol. The molecule has 0 bridgehead atoms. The highest BCUT2D eigenvalue weighted by Crippen LogP contribution is 2.36. The van der Waals surface area contributed by atoms with Gasteiger partial charge < -0.3 is 10.3 Å². The lowest BCUT2D eigenvalue weighted by Crippen LogP contribution is -2.16. The minimum atomic E-state index is -4.37. The van der Waals surface area contributed by atoms with E-state index in [1.807, 2.05) is 0 Å². The molecule has 3 rings (SSSR count). The number of H-pyrrole nitrogens is 1. The molecule has 0 atom stereocenters. The van der Waals surface area contributed by atoms with E-state index in [-0.39, 0.29) is 5.56 Å². The predicted octanol–water partition coefficient (Wildman–Crippen LogP) is 3.35. The van der Waals surface area contributed by atoms with Crippen LogP contribution in [0.4, 0.5) is 13.2 Å². The number of hydrogen-bond acceptors (Lipinski definition) is 2. The average molecular weight is 281 g/mol. The molecule has 1 heterocycles. The molecule has 0 amide bonds. The van der Waals surface area contributed by atoms with Crippen LogP contribution in [0.5, 0.6) is 0 Å². The lowest BCUT2D eigenvalue weighted by molar-refractivity contribution is -0.137. The predicted molar refractivity (Wildman–Crippen MR) is 68.9 cm³/mol. The molecule has 1 aliphatic carbocycles. The summed E-state index contributed by atoms with van der Waals surface area (Å²) in [6, 6.07) is 6.05. The van der Waals surface area contributed by atoms with E-state index in [0.29, 0.717) is 24.1 Å². The Bertz CT molecular complexity index is 600. The van der Waals surface area contributed by atoms with Gasteiger partial charge in [0.25, 0.3) is 0 Å². The van der Waals surface area contributed by atoms with Crippen molar-refractivity contribution in [1.82, 2.24) is 15.3 Å². The van der Waals surface area contributed by atoms with Crippen molar-refractivity contribution < 1.29 is 13.2 Å². The summed E-state index contributed by atoms with van der Waals surface area (Å²) in [5, 5.41) is 3.27. The van der Waals surface area contributed by atoms with Crippen molar-refractivity contribution in [1.29, 1.82) is 0 Å². The van der Waals surface area contributed by atoms with Gasteiger partial charge in [0.1, 0.15) is 5.82 Å². The third-order valence-corrected chi connectivity index (χ3v) is 3.29. The second-order valence-electron chi connectivity index (χ2n) is 4.94. The normalized spacial score (nSPS) is 15.6. The van der Waals surface area contributed by atoms with E-state index in [1.54, 1.807) is 6.07 Å². The second kappa shape index (κ2) is 4.94. The molecule has 0 radical (unpaired) electrons. The number of imidazole rings is 1. The smallest absolute Gasteiger partial charge is 0.341 e. The van der Waals surface area contributed by atoms with E-state index in [9.17, 15) is 13.2 Å². The van der Waals surface area contributed by atoms with Crippen LogP contribution in [0.1, 0.15) is 24.2 Å². The van der Waals surface area contributed by atoms with Gasteiger partial charge in [-0.25, -0.2) is 4.98 Å². The fourth-order valence-electron chi connectivity index (χ4n) is 2.08. The minimum absolute atomic E-state index is 0.130. The van der Waals surface area contributed by atoms with Crippen LogP contribution < -0.4 is 5.32 Å². The van der Waals surface area contributed by atoms with Gasteiger partial charge in [-0.1, -0.05) is 18.2 Å². The van der Waals surface area contributed by atoms with Gasteiger partial charge in [0.05, 0.1) is 24.0 Å². The first-order chi connectivity index (χ1) is 9.54. The van der Waals surface area contributed by atoms with Crippen LogP contribution in [0.15, 0.2) is 30.5 Å². The molecule has 106 valence electrons. The van der Waals surface area contributed by atoms with Crippen LogP contribution in [-0.4, -0.2) is 16.0 Å². The number of nitrogens with one attached hydrogen (secondary N) is 2. The second-order valence-corrected chi connectivity index (χ2v) is 4.94. The average Bonchev–Trinajstić information content (AvgIpc) is 3.12. The van der Waals surface area contributed by atoms with Crippen LogP contribution in [0.25, 0.3) is 11.3 Å². The highest BCUT2D eigenvalue weighted by atomic mass is 19.4.